The molecule has 17 heavy (non-hydrogen) atoms. The largest absolute Gasteiger partial charge is 0.373 e. The van der Waals surface area contributed by atoms with E-state index in [1.54, 1.807) is 12.1 Å². The van der Waals surface area contributed by atoms with Crippen molar-refractivity contribution in [3.8, 4) is 0 Å². The third kappa shape index (κ3) is 3.43. The molecule has 1 aromatic rings. The summed E-state index contributed by atoms with van der Waals surface area (Å²) in [6, 6.07) is 7.34. The number of likely N-dealkylation sites (N-methyl/N-ethyl adjacent to an activating group) is 2. The normalized spacial score (nSPS) is 16.9. The molecule has 1 N–H and O–H groups in total. The van der Waals surface area contributed by atoms with Crippen LogP contribution in [0.3, 0.4) is 0 Å². The molecule has 0 aliphatic heterocycles. The molecule has 0 radical (unpaired) electrons. The van der Waals surface area contributed by atoms with E-state index in [2.05, 4.69) is 17.1 Å². The predicted octanol–water partition coefficient (Wildman–Crippen LogP) is 2.65. The van der Waals surface area contributed by atoms with Gasteiger partial charge in [-0.1, -0.05) is 13.0 Å². The zero-order valence-corrected chi connectivity index (χ0v) is 10.6. The van der Waals surface area contributed by atoms with Crippen molar-refractivity contribution in [1.82, 2.24) is 5.32 Å². The summed E-state index contributed by atoms with van der Waals surface area (Å²) in [7, 11) is 2.03. The van der Waals surface area contributed by atoms with E-state index in [1.165, 1.54) is 18.9 Å². The molecule has 0 amide bonds. The van der Waals surface area contributed by atoms with Gasteiger partial charge >= 0.3 is 0 Å². The third-order valence-corrected chi connectivity index (χ3v) is 3.38. The lowest BCUT2D eigenvalue weighted by Gasteiger charge is -2.26. The van der Waals surface area contributed by atoms with Crippen molar-refractivity contribution in [2.45, 2.75) is 25.8 Å². The molecule has 1 fully saturated rings. The van der Waals surface area contributed by atoms with Crippen molar-refractivity contribution in [3.63, 3.8) is 0 Å². The average Bonchev–Trinajstić information content (AvgIpc) is 3.12. The molecule has 0 bridgehead atoms. The van der Waals surface area contributed by atoms with Crippen molar-refractivity contribution in [1.29, 1.82) is 0 Å². The number of anilines is 1. The van der Waals surface area contributed by atoms with Gasteiger partial charge in [-0.05, 0) is 43.5 Å². The highest BCUT2D eigenvalue weighted by atomic mass is 19.1. The Bertz CT molecular complexity index is 363. The highest BCUT2D eigenvalue weighted by Crippen LogP contribution is 2.33. The van der Waals surface area contributed by atoms with Gasteiger partial charge in [-0.2, -0.15) is 0 Å². The fourth-order valence-corrected chi connectivity index (χ4v) is 2.26. The topological polar surface area (TPSA) is 15.3 Å². The van der Waals surface area contributed by atoms with Gasteiger partial charge in [-0.3, -0.25) is 0 Å². The van der Waals surface area contributed by atoms with Gasteiger partial charge in [0.05, 0.1) is 0 Å². The van der Waals surface area contributed by atoms with Crippen molar-refractivity contribution in [2.75, 3.05) is 25.0 Å². The molecule has 2 nitrogen and oxygen atoms in total. The Hall–Kier alpha value is -1.09. The van der Waals surface area contributed by atoms with Crippen LogP contribution in [0, 0.1) is 11.7 Å². The number of rotatable bonds is 6. The van der Waals surface area contributed by atoms with Crippen molar-refractivity contribution >= 4 is 5.69 Å². The van der Waals surface area contributed by atoms with Gasteiger partial charge < -0.3 is 10.2 Å². The molecule has 0 spiro atoms. The van der Waals surface area contributed by atoms with Crippen LogP contribution in [0.25, 0.3) is 0 Å². The van der Waals surface area contributed by atoms with Crippen LogP contribution < -0.4 is 10.2 Å². The molecule has 1 aromatic carbocycles. The summed E-state index contributed by atoms with van der Waals surface area (Å²) < 4.78 is 13.1. The van der Waals surface area contributed by atoms with Crippen LogP contribution in [0.2, 0.25) is 0 Å². The minimum Gasteiger partial charge on any atom is -0.373 e. The minimum absolute atomic E-state index is 0.166. The van der Waals surface area contributed by atoms with Crippen LogP contribution in [-0.2, 0) is 0 Å². The van der Waals surface area contributed by atoms with Crippen molar-refractivity contribution < 1.29 is 4.39 Å². The second kappa shape index (κ2) is 5.50. The SMILES string of the molecule is CCNC(CN(C)c1cccc(F)c1)C1CC1. The Morgan fingerprint density at radius 1 is 1.47 bits per heavy atom. The molecule has 0 saturated heterocycles. The van der Waals surface area contributed by atoms with Gasteiger partial charge in [0.2, 0.25) is 0 Å². The lowest BCUT2D eigenvalue weighted by atomic mass is 10.1. The molecule has 3 heteroatoms. The standard InChI is InChI=1S/C14H21FN2/c1-3-16-14(11-7-8-11)10-17(2)13-6-4-5-12(15)9-13/h4-6,9,11,14,16H,3,7-8,10H2,1-2H3. The quantitative estimate of drug-likeness (QED) is 0.817. The Kier molecular flexibility index (Phi) is 4.00. The molecule has 1 saturated carbocycles. The first kappa shape index (κ1) is 12.4. The zero-order valence-electron chi connectivity index (χ0n) is 10.6. The van der Waals surface area contributed by atoms with Crippen LogP contribution in [0.15, 0.2) is 24.3 Å². The maximum atomic E-state index is 13.1. The molecule has 1 aliphatic carbocycles. The zero-order chi connectivity index (χ0) is 12.3. The molecule has 94 valence electrons. The number of hydrogen-bond acceptors (Lipinski definition) is 2. The molecule has 0 heterocycles. The van der Waals surface area contributed by atoms with Crippen LogP contribution in [0.4, 0.5) is 10.1 Å². The summed E-state index contributed by atoms with van der Waals surface area (Å²) in [4.78, 5) is 2.13. The second-order valence-electron chi connectivity index (χ2n) is 4.86. The first-order valence-electron chi connectivity index (χ1n) is 6.40. The highest BCUT2D eigenvalue weighted by Gasteiger charge is 2.31. The van der Waals surface area contributed by atoms with Crippen molar-refractivity contribution in [2.24, 2.45) is 5.92 Å². The van der Waals surface area contributed by atoms with Crippen LogP contribution in [0.1, 0.15) is 19.8 Å². The summed E-state index contributed by atoms with van der Waals surface area (Å²) in [5.41, 5.74) is 0.952. The van der Waals surface area contributed by atoms with E-state index < -0.39 is 0 Å². The van der Waals surface area contributed by atoms with Gasteiger partial charge in [-0.25, -0.2) is 4.39 Å². The fourth-order valence-electron chi connectivity index (χ4n) is 2.26. The number of hydrogen-bond donors (Lipinski definition) is 1. The van der Waals surface area contributed by atoms with E-state index in [4.69, 9.17) is 0 Å². The summed E-state index contributed by atoms with van der Waals surface area (Å²) in [5.74, 6) is 0.645. The number of halogens is 1. The smallest absolute Gasteiger partial charge is 0.125 e. The van der Waals surface area contributed by atoms with Crippen LogP contribution >= 0.6 is 0 Å². The molecule has 1 aliphatic rings. The van der Waals surface area contributed by atoms with Gasteiger partial charge in [-0.15, -0.1) is 0 Å². The van der Waals surface area contributed by atoms with Crippen LogP contribution in [0.5, 0.6) is 0 Å². The van der Waals surface area contributed by atoms with E-state index in [0.717, 1.165) is 24.7 Å². The summed E-state index contributed by atoms with van der Waals surface area (Å²) in [5, 5.41) is 3.52. The number of benzene rings is 1. The Morgan fingerprint density at radius 3 is 2.82 bits per heavy atom. The molecular weight excluding hydrogens is 215 g/mol. The van der Waals surface area contributed by atoms with Gasteiger partial charge in [0.25, 0.3) is 0 Å². The summed E-state index contributed by atoms with van der Waals surface area (Å²) >= 11 is 0. The second-order valence-corrected chi connectivity index (χ2v) is 4.86. The number of nitrogens with one attached hydrogen (secondary N) is 1. The average molecular weight is 236 g/mol. The molecule has 2 rings (SSSR count). The monoisotopic (exact) mass is 236 g/mol. The lowest BCUT2D eigenvalue weighted by Crippen LogP contribution is -2.41. The Balaban J connectivity index is 1.96. The molecule has 1 atom stereocenters. The minimum atomic E-state index is -0.166. The van der Waals surface area contributed by atoms with E-state index in [-0.39, 0.29) is 5.82 Å². The number of nitrogens with zero attached hydrogens (tertiary/aromatic N) is 1. The predicted molar refractivity (Wildman–Crippen MR) is 69.9 cm³/mol. The Morgan fingerprint density at radius 2 is 2.24 bits per heavy atom. The fraction of sp³-hybridized carbons (Fsp3) is 0.571. The van der Waals surface area contributed by atoms with Gasteiger partial charge in [0, 0.05) is 25.3 Å². The molecular formula is C14H21FN2. The maximum Gasteiger partial charge on any atom is 0.125 e. The third-order valence-electron chi connectivity index (χ3n) is 3.38. The highest BCUT2D eigenvalue weighted by molar-refractivity contribution is 5.45. The van der Waals surface area contributed by atoms with Crippen LogP contribution in [-0.4, -0.2) is 26.2 Å². The Labute approximate surface area is 103 Å². The summed E-state index contributed by atoms with van der Waals surface area (Å²) in [6.45, 7) is 4.08. The van der Waals surface area contributed by atoms with Crippen molar-refractivity contribution in [3.05, 3.63) is 30.1 Å². The first-order chi connectivity index (χ1) is 8.20. The summed E-state index contributed by atoms with van der Waals surface area (Å²) in [6.07, 6.45) is 2.66. The molecule has 0 aromatic heterocycles. The van der Waals surface area contributed by atoms with E-state index in [1.807, 2.05) is 13.1 Å². The lowest BCUT2D eigenvalue weighted by molar-refractivity contribution is 0.475. The van der Waals surface area contributed by atoms with E-state index in [0.29, 0.717) is 6.04 Å². The molecule has 1 unspecified atom stereocenters. The maximum absolute atomic E-state index is 13.1. The van der Waals surface area contributed by atoms with Gasteiger partial charge in [0.15, 0.2) is 0 Å². The van der Waals surface area contributed by atoms with Gasteiger partial charge in [0.1, 0.15) is 5.82 Å². The van der Waals surface area contributed by atoms with E-state index >= 15 is 0 Å². The van der Waals surface area contributed by atoms with E-state index in [9.17, 15) is 4.39 Å². The first-order valence-corrected chi connectivity index (χ1v) is 6.40.